The molecular weight excluding hydrogens is 230 g/mol. The number of hydrogen-bond acceptors (Lipinski definition) is 3. The molecule has 2 N–H and O–H groups in total. The minimum Gasteiger partial charge on any atom is -0.480 e. The lowest BCUT2D eigenvalue weighted by atomic mass is 10.2. The Kier molecular flexibility index (Phi) is 3.23. The van der Waals surface area contributed by atoms with Crippen molar-refractivity contribution in [3.63, 3.8) is 0 Å². The average molecular weight is 247 g/mol. The summed E-state index contributed by atoms with van der Waals surface area (Å²) in [6, 6.07) is 6.03. The van der Waals surface area contributed by atoms with E-state index in [2.05, 4.69) is 10.3 Å². The van der Waals surface area contributed by atoms with Gasteiger partial charge in [0.25, 0.3) is 0 Å². The van der Waals surface area contributed by atoms with Gasteiger partial charge in [-0.2, -0.15) is 0 Å². The molecule has 0 atom stereocenters. The molecule has 0 amide bonds. The molecule has 2 aromatic rings. The Hall–Kier alpha value is -2.04. The van der Waals surface area contributed by atoms with Crippen LogP contribution in [0.3, 0.4) is 0 Å². The molecule has 0 aliphatic carbocycles. The third kappa shape index (κ3) is 2.45. The van der Waals surface area contributed by atoms with Gasteiger partial charge >= 0.3 is 5.97 Å². The van der Waals surface area contributed by atoms with Crippen LogP contribution in [0, 0.1) is 6.92 Å². The summed E-state index contributed by atoms with van der Waals surface area (Å²) in [6.45, 7) is 5.89. The van der Waals surface area contributed by atoms with Gasteiger partial charge in [-0.25, -0.2) is 4.98 Å². The summed E-state index contributed by atoms with van der Waals surface area (Å²) in [6.07, 6.45) is 0. The van der Waals surface area contributed by atoms with Crippen LogP contribution in [0.15, 0.2) is 18.2 Å². The zero-order valence-electron chi connectivity index (χ0n) is 10.8. The van der Waals surface area contributed by atoms with E-state index in [1.807, 2.05) is 39.0 Å². The van der Waals surface area contributed by atoms with Crippen molar-refractivity contribution in [3.8, 4) is 0 Å². The predicted octanol–water partition coefficient (Wildman–Crippen LogP) is 2.25. The van der Waals surface area contributed by atoms with Crippen molar-refractivity contribution in [2.24, 2.45) is 0 Å². The second-order valence-electron chi connectivity index (χ2n) is 4.71. The van der Waals surface area contributed by atoms with E-state index in [-0.39, 0.29) is 12.6 Å². The summed E-state index contributed by atoms with van der Waals surface area (Å²) >= 11 is 0. The highest BCUT2D eigenvalue weighted by Crippen LogP contribution is 2.21. The highest BCUT2D eigenvalue weighted by molar-refractivity contribution is 5.81. The van der Waals surface area contributed by atoms with Crippen molar-refractivity contribution in [1.29, 1.82) is 0 Å². The summed E-state index contributed by atoms with van der Waals surface area (Å²) in [5, 5.41) is 12.2. The van der Waals surface area contributed by atoms with E-state index in [0.717, 1.165) is 16.6 Å². The summed E-state index contributed by atoms with van der Waals surface area (Å²) in [7, 11) is 0. The number of aliphatic carboxylic acids is 1. The second kappa shape index (κ2) is 4.68. The van der Waals surface area contributed by atoms with Crippen molar-refractivity contribution >= 4 is 23.0 Å². The van der Waals surface area contributed by atoms with Crippen molar-refractivity contribution < 1.29 is 9.90 Å². The normalized spacial score (nSPS) is 11.1. The highest BCUT2D eigenvalue weighted by atomic mass is 16.4. The van der Waals surface area contributed by atoms with Gasteiger partial charge in [-0.05, 0) is 38.5 Å². The van der Waals surface area contributed by atoms with Gasteiger partial charge in [0.1, 0.15) is 6.54 Å². The highest BCUT2D eigenvalue weighted by Gasteiger charge is 2.13. The zero-order valence-corrected chi connectivity index (χ0v) is 10.8. The second-order valence-corrected chi connectivity index (χ2v) is 4.71. The number of aryl methyl sites for hydroxylation is 1. The van der Waals surface area contributed by atoms with Gasteiger partial charge in [0, 0.05) is 6.04 Å². The summed E-state index contributed by atoms with van der Waals surface area (Å²) in [5.41, 5.74) is 2.77. The average Bonchev–Trinajstić information content (AvgIpc) is 2.54. The van der Waals surface area contributed by atoms with Crippen LogP contribution >= 0.6 is 0 Å². The number of rotatable bonds is 4. The first kappa shape index (κ1) is 12.4. The van der Waals surface area contributed by atoms with E-state index in [4.69, 9.17) is 5.11 Å². The number of hydrogen-bond donors (Lipinski definition) is 2. The lowest BCUT2D eigenvalue weighted by Gasteiger charge is -2.11. The molecule has 1 heterocycles. The smallest absolute Gasteiger partial charge is 0.323 e. The molecule has 0 aliphatic rings. The largest absolute Gasteiger partial charge is 0.480 e. The van der Waals surface area contributed by atoms with Gasteiger partial charge in [0.05, 0.1) is 11.0 Å². The number of benzene rings is 1. The molecule has 0 saturated heterocycles. The third-order valence-corrected chi connectivity index (χ3v) is 2.61. The van der Waals surface area contributed by atoms with Crippen LogP contribution in [0.1, 0.15) is 19.4 Å². The number of nitrogens with zero attached hydrogens (tertiary/aromatic N) is 2. The molecular formula is C13H17N3O2. The molecule has 1 aromatic carbocycles. The molecule has 18 heavy (non-hydrogen) atoms. The summed E-state index contributed by atoms with van der Waals surface area (Å²) < 4.78 is 1.69. The zero-order chi connectivity index (χ0) is 13.3. The van der Waals surface area contributed by atoms with Crippen LogP contribution in [0.4, 0.5) is 5.95 Å². The maximum atomic E-state index is 10.9. The van der Waals surface area contributed by atoms with Crippen LogP contribution in [0.5, 0.6) is 0 Å². The van der Waals surface area contributed by atoms with Gasteiger partial charge in [0.15, 0.2) is 0 Å². The maximum absolute atomic E-state index is 10.9. The van der Waals surface area contributed by atoms with Gasteiger partial charge in [0.2, 0.25) is 5.95 Å². The molecule has 0 radical (unpaired) electrons. The van der Waals surface area contributed by atoms with Gasteiger partial charge in [-0.15, -0.1) is 0 Å². The van der Waals surface area contributed by atoms with Crippen LogP contribution < -0.4 is 5.32 Å². The van der Waals surface area contributed by atoms with E-state index in [1.54, 1.807) is 4.57 Å². The molecule has 0 spiro atoms. The Labute approximate surface area is 105 Å². The lowest BCUT2D eigenvalue weighted by molar-refractivity contribution is -0.137. The number of fused-ring (bicyclic) bond motifs is 1. The standard InChI is InChI=1S/C13H17N3O2/c1-8(2)14-13-15-10-6-9(3)4-5-11(10)16(13)7-12(17)18/h4-6,8H,7H2,1-3H3,(H,14,15)(H,17,18). The van der Waals surface area contributed by atoms with E-state index >= 15 is 0 Å². The molecule has 0 saturated carbocycles. The monoisotopic (exact) mass is 247 g/mol. The van der Waals surface area contributed by atoms with Crippen molar-refractivity contribution in [2.45, 2.75) is 33.4 Å². The van der Waals surface area contributed by atoms with Crippen molar-refractivity contribution in [3.05, 3.63) is 23.8 Å². The number of carboxylic acid groups (broad SMARTS) is 1. The van der Waals surface area contributed by atoms with Gasteiger partial charge in [-0.3, -0.25) is 9.36 Å². The molecule has 0 unspecified atom stereocenters. The van der Waals surface area contributed by atoms with E-state index < -0.39 is 5.97 Å². The first-order valence-electron chi connectivity index (χ1n) is 5.92. The number of nitrogens with one attached hydrogen (secondary N) is 1. The minimum atomic E-state index is -0.873. The van der Waals surface area contributed by atoms with Crippen LogP contribution in [-0.2, 0) is 11.3 Å². The molecule has 2 rings (SSSR count). The lowest BCUT2D eigenvalue weighted by Crippen LogP contribution is -2.17. The number of carboxylic acids is 1. The first-order chi connectivity index (χ1) is 8.47. The molecule has 5 heteroatoms. The molecule has 0 fully saturated rings. The Morgan fingerprint density at radius 2 is 2.22 bits per heavy atom. The van der Waals surface area contributed by atoms with Crippen LogP contribution in [0.2, 0.25) is 0 Å². The SMILES string of the molecule is Cc1ccc2c(c1)nc(NC(C)C)n2CC(=O)O. The fourth-order valence-electron chi connectivity index (χ4n) is 1.90. The Bertz CT molecular complexity index is 587. The third-order valence-electron chi connectivity index (χ3n) is 2.61. The predicted molar refractivity (Wildman–Crippen MR) is 70.9 cm³/mol. The minimum absolute atomic E-state index is 0.0887. The number of anilines is 1. The molecule has 5 nitrogen and oxygen atoms in total. The molecule has 0 aliphatic heterocycles. The van der Waals surface area contributed by atoms with Crippen molar-refractivity contribution in [2.75, 3.05) is 5.32 Å². The molecule has 0 bridgehead atoms. The molecule has 96 valence electrons. The van der Waals surface area contributed by atoms with E-state index in [0.29, 0.717) is 5.95 Å². The number of aromatic nitrogens is 2. The Balaban J connectivity index is 2.56. The van der Waals surface area contributed by atoms with Gasteiger partial charge in [-0.1, -0.05) is 6.07 Å². The summed E-state index contributed by atoms with van der Waals surface area (Å²) in [4.78, 5) is 15.4. The fraction of sp³-hybridized carbons (Fsp3) is 0.385. The number of imidazole rings is 1. The topological polar surface area (TPSA) is 67.2 Å². The Morgan fingerprint density at radius 3 is 2.83 bits per heavy atom. The quantitative estimate of drug-likeness (QED) is 0.869. The van der Waals surface area contributed by atoms with E-state index in [1.165, 1.54) is 0 Å². The summed E-state index contributed by atoms with van der Waals surface area (Å²) in [5.74, 6) is -0.269. The van der Waals surface area contributed by atoms with Gasteiger partial charge < -0.3 is 10.4 Å². The molecule has 1 aromatic heterocycles. The van der Waals surface area contributed by atoms with Crippen LogP contribution in [-0.4, -0.2) is 26.7 Å². The maximum Gasteiger partial charge on any atom is 0.323 e. The van der Waals surface area contributed by atoms with Crippen molar-refractivity contribution in [1.82, 2.24) is 9.55 Å². The van der Waals surface area contributed by atoms with E-state index in [9.17, 15) is 4.79 Å². The van der Waals surface area contributed by atoms with Crippen LogP contribution in [0.25, 0.3) is 11.0 Å². The number of carbonyl (C=O) groups is 1. The Morgan fingerprint density at radius 1 is 1.50 bits per heavy atom. The fourth-order valence-corrected chi connectivity index (χ4v) is 1.90. The first-order valence-corrected chi connectivity index (χ1v) is 5.92.